The molecule has 1 aromatic carbocycles. The van der Waals surface area contributed by atoms with Crippen LogP contribution in [-0.4, -0.2) is 33.6 Å². The van der Waals surface area contributed by atoms with Crippen molar-refractivity contribution in [2.45, 2.75) is 39.3 Å². The van der Waals surface area contributed by atoms with E-state index in [9.17, 15) is 9.90 Å². The van der Waals surface area contributed by atoms with Crippen molar-refractivity contribution in [3.05, 3.63) is 47.7 Å². The van der Waals surface area contributed by atoms with Crippen molar-refractivity contribution in [1.29, 1.82) is 0 Å². The minimum absolute atomic E-state index is 0.289. The second-order valence-corrected chi connectivity index (χ2v) is 5.55. The molecule has 6 nitrogen and oxygen atoms in total. The van der Waals surface area contributed by atoms with Crippen molar-refractivity contribution in [2.75, 3.05) is 11.9 Å². The summed E-state index contributed by atoms with van der Waals surface area (Å²) in [4.78, 5) is 12.0. The third-order valence-corrected chi connectivity index (χ3v) is 3.55. The molecular weight excluding hydrogens is 292 g/mol. The average Bonchev–Trinajstić information content (AvgIpc) is 2.87. The van der Waals surface area contributed by atoms with Crippen LogP contribution in [0, 0.1) is 6.92 Å². The Kier molecular flexibility index (Phi) is 6.17. The molecule has 0 aliphatic carbocycles. The van der Waals surface area contributed by atoms with Crippen molar-refractivity contribution in [3.63, 3.8) is 0 Å². The van der Waals surface area contributed by atoms with E-state index in [1.54, 1.807) is 4.68 Å². The zero-order valence-electron chi connectivity index (χ0n) is 13.6. The molecule has 0 saturated carbocycles. The van der Waals surface area contributed by atoms with Gasteiger partial charge in [-0.2, -0.15) is 5.10 Å². The largest absolute Gasteiger partial charge is 0.393 e. The molecule has 6 heteroatoms. The van der Waals surface area contributed by atoms with Gasteiger partial charge in [0.15, 0.2) is 0 Å². The molecule has 23 heavy (non-hydrogen) atoms. The Morgan fingerprint density at radius 3 is 2.78 bits per heavy atom. The number of hydrogen-bond donors (Lipinski definition) is 3. The van der Waals surface area contributed by atoms with E-state index in [-0.39, 0.29) is 12.1 Å². The fourth-order valence-corrected chi connectivity index (χ4v) is 2.24. The van der Waals surface area contributed by atoms with Crippen molar-refractivity contribution in [2.24, 2.45) is 0 Å². The van der Waals surface area contributed by atoms with E-state index in [1.165, 1.54) is 0 Å². The van der Waals surface area contributed by atoms with Gasteiger partial charge in [-0.3, -0.25) is 5.32 Å². The number of urea groups is 1. The molecular formula is C17H24N4O2. The lowest BCUT2D eigenvalue weighted by Crippen LogP contribution is -2.32. The van der Waals surface area contributed by atoms with Crippen LogP contribution in [0.5, 0.6) is 0 Å². The summed E-state index contributed by atoms with van der Waals surface area (Å²) in [7, 11) is 0. The lowest BCUT2D eigenvalue weighted by molar-refractivity contribution is 0.160. The molecule has 2 amide bonds. The number of nitrogens with one attached hydrogen (secondary N) is 2. The van der Waals surface area contributed by atoms with E-state index >= 15 is 0 Å². The van der Waals surface area contributed by atoms with Gasteiger partial charge in [0.1, 0.15) is 5.82 Å². The quantitative estimate of drug-likeness (QED) is 0.734. The number of nitrogens with zero attached hydrogens (tertiary/aromatic N) is 2. The number of hydrogen-bond acceptors (Lipinski definition) is 3. The highest BCUT2D eigenvalue weighted by atomic mass is 16.3. The van der Waals surface area contributed by atoms with Gasteiger partial charge < -0.3 is 10.4 Å². The van der Waals surface area contributed by atoms with Crippen LogP contribution in [0.25, 0.3) is 0 Å². The number of amides is 2. The summed E-state index contributed by atoms with van der Waals surface area (Å²) in [5.74, 6) is 0.653. The number of aliphatic hydroxyl groups excluding tert-OH is 1. The van der Waals surface area contributed by atoms with Crippen LogP contribution in [-0.2, 0) is 6.54 Å². The van der Waals surface area contributed by atoms with Crippen molar-refractivity contribution < 1.29 is 9.90 Å². The molecule has 1 heterocycles. The van der Waals surface area contributed by atoms with Gasteiger partial charge in [0.2, 0.25) is 0 Å². The number of aryl methyl sites for hydroxylation is 1. The molecule has 1 aromatic heterocycles. The molecule has 0 bridgehead atoms. The highest BCUT2D eigenvalue weighted by molar-refractivity contribution is 5.88. The van der Waals surface area contributed by atoms with E-state index in [0.29, 0.717) is 31.7 Å². The molecule has 0 aliphatic heterocycles. The number of benzene rings is 1. The van der Waals surface area contributed by atoms with E-state index in [2.05, 4.69) is 15.7 Å². The lowest BCUT2D eigenvalue weighted by atomic mass is 10.2. The summed E-state index contributed by atoms with van der Waals surface area (Å²) in [5, 5.41) is 19.5. The van der Waals surface area contributed by atoms with Crippen molar-refractivity contribution in [1.82, 2.24) is 15.1 Å². The zero-order chi connectivity index (χ0) is 16.7. The Morgan fingerprint density at radius 1 is 1.35 bits per heavy atom. The molecule has 2 aromatic rings. The van der Waals surface area contributed by atoms with E-state index in [4.69, 9.17) is 0 Å². The maximum atomic E-state index is 12.0. The Balaban J connectivity index is 1.93. The zero-order valence-corrected chi connectivity index (χ0v) is 13.6. The predicted molar refractivity (Wildman–Crippen MR) is 90.4 cm³/mol. The predicted octanol–water partition coefficient (Wildman–Crippen LogP) is 2.52. The molecule has 1 unspecified atom stereocenters. The number of carbonyl (C=O) groups is 1. The van der Waals surface area contributed by atoms with Gasteiger partial charge in [-0.1, -0.05) is 37.3 Å². The normalized spacial score (nSPS) is 12.0. The van der Waals surface area contributed by atoms with Gasteiger partial charge in [-0.15, -0.1) is 0 Å². The van der Waals surface area contributed by atoms with E-state index in [1.807, 2.05) is 50.2 Å². The summed E-state index contributed by atoms with van der Waals surface area (Å²) >= 11 is 0. The monoisotopic (exact) mass is 316 g/mol. The fourth-order valence-electron chi connectivity index (χ4n) is 2.24. The molecule has 2 rings (SSSR count). The Bertz CT molecular complexity index is 625. The molecule has 0 radical (unpaired) electrons. The maximum Gasteiger partial charge on any atom is 0.320 e. The number of anilines is 1. The van der Waals surface area contributed by atoms with Crippen molar-refractivity contribution in [3.8, 4) is 0 Å². The van der Waals surface area contributed by atoms with Crippen LogP contribution in [0.4, 0.5) is 10.6 Å². The van der Waals surface area contributed by atoms with Crippen LogP contribution < -0.4 is 10.6 Å². The lowest BCUT2D eigenvalue weighted by Gasteiger charge is -2.11. The van der Waals surface area contributed by atoms with Crippen LogP contribution in [0.1, 0.15) is 31.0 Å². The summed E-state index contributed by atoms with van der Waals surface area (Å²) in [6, 6.07) is 11.5. The average molecular weight is 316 g/mol. The van der Waals surface area contributed by atoms with Gasteiger partial charge >= 0.3 is 6.03 Å². The standard InChI is InChI=1S/C17H24N4O2/c1-3-15(22)9-10-18-17(23)19-16-11-13(2)20-21(16)12-14-7-5-4-6-8-14/h4-8,11,15,22H,3,9-10,12H2,1-2H3,(H2,18,19,23). The molecule has 1 atom stereocenters. The second-order valence-electron chi connectivity index (χ2n) is 5.55. The SMILES string of the molecule is CCC(O)CCNC(=O)Nc1cc(C)nn1Cc1ccccc1. The first-order valence-electron chi connectivity index (χ1n) is 7.89. The Hall–Kier alpha value is -2.34. The number of aliphatic hydroxyl groups is 1. The van der Waals surface area contributed by atoms with Gasteiger partial charge in [0.05, 0.1) is 18.3 Å². The molecule has 3 N–H and O–H groups in total. The smallest absolute Gasteiger partial charge is 0.320 e. The molecule has 0 saturated heterocycles. The maximum absolute atomic E-state index is 12.0. The molecule has 0 spiro atoms. The van der Waals surface area contributed by atoms with E-state index < -0.39 is 0 Å². The Morgan fingerprint density at radius 2 is 2.09 bits per heavy atom. The third kappa shape index (κ3) is 5.41. The first-order chi connectivity index (χ1) is 11.1. The van der Waals surface area contributed by atoms with Crippen LogP contribution in [0.15, 0.2) is 36.4 Å². The van der Waals surface area contributed by atoms with Crippen molar-refractivity contribution >= 4 is 11.8 Å². The molecule has 124 valence electrons. The topological polar surface area (TPSA) is 79.2 Å². The summed E-state index contributed by atoms with van der Waals surface area (Å²) in [5.41, 5.74) is 1.96. The summed E-state index contributed by atoms with van der Waals surface area (Å²) in [6.45, 7) is 4.84. The first kappa shape index (κ1) is 17.0. The summed E-state index contributed by atoms with van der Waals surface area (Å²) in [6.07, 6.45) is 0.861. The number of rotatable bonds is 7. The van der Waals surface area contributed by atoms with Crippen LogP contribution >= 0.6 is 0 Å². The number of carbonyl (C=O) groups excluding carboxylic acids is 1. The Labute approximate surface area is 136 Å². The molecule has 0 fully saturated rings. The van der Waals surface area contributed by atoms with Gasteiger partial charge in [-0.25, -0.2) is 9.48 Å². The fraction of sp³-hybridized carbons (Fsp3) is 0.412. The minimum Gasteiger partial charge on any atom is -0.393 e. The van der Waals surface area contributed by atoms with Gasteiger partial charge in [0, 0.05) is 12.6 Å². The second kappa shape index (κ2) is 8.33. The third-order valence-electron chi connectivity index (χ3n) is 3.55. The first-order valence-corrected chi connectivity index (χ1v) is 7.89. The highest BCUT2D eigenvalue weighted by Gasteiger charge is 2.10. The highest BCUT2D eigenvalue weighted by Crippen LogP contribution is 2.13. The van der Waals surface area contributed by atoms with E-state index in [0.717, 1.165) is 11.3 Å². The van der Waals surface area contributed by atoms with Crippen LogP contribution in [0.2, 0.25) is 0 Å². The summed E-state index contributed by atoms with van der Waals surface area (Å²) < 4.78 is 1.77. The molecule has 0 aliphatic rings. The van der Waals surface area contributed by atoms with Gasteiger partial charge in [0.25, 0.3) is 0 Å². The van der Waals surface area contributed by atoms with Crippen LogP contribution in [0.3, 0.4) is 0 Å². The number of aromatic nitrogens is 2. The minimum atomic E-state index is -0.374. The van der Waals surface area contributed by atoms with Gasteiger partial charge in [-0.05, 0) is 25.3 Å².